The summed E-state index contributed by atoms with van der Waals surface area (Å²) in [5, 5.41) is 59.8. The molecule has 0 radical (unpaired) electrons. The number of carbonyl (C=O) groups excluding carboxylic acids is 1. The molecular formula is C25H30O13. The number of phenols is 1. The third kappa shape index (κ3) is 4.54. The Morgan fingerprint density at radius 2 is 1.92 bits per heavy atom. The highest BCUT2D eigenvalue weighted by molar-refractivity contribution is 5.87. The van der Waals surface area contributed by atoms with Gasteiger partial charge >= 0.3 is 5.97 Å². The predicted molar refractivity (Wildman–Crippen MR) is 124 cm³/mol. The fourth-order valence-corrected chi connectivity index (χ4v) is 5.42. The molecule has 3 fully saturated rings. The molecule has 0 bridgehead atoms. The lowest BCUT2D eigenvalue weighted by molar-refractivity contribution is -0.344. The molecule has 4 aliphatic rings. The predicted octanol–water partition coefficient (Wildman–Crippen LogP) is -1.61. The van der Waals surface area contributed by atoms with Crippen molar-refractivity contribution in [3.8, 4) is 11.5 Å². The molecule has 13 nitrogen and oxygen atoms in total. The number of fused-ring (bicyclic) bond motifs is 3. The third-order valence-corrected chi connectivity index (χ3v) is 7.47. The van der Waals surface area contributed by atoms with E-state index in [0.29, 0.717) is 5.56 Å². The summed E-state index contributed by atoms with van der Waals surface area (Å²) in [6.45, 7) is -1.06. The molecule has 13 heteroatoms. The molecule has 208 valence electrons. The normalized spacial score (nSPS) is 41.3. The van der Waals surface area contributed by atoms with E-state index in [0.717, 1.165) is 0 Å². The Bertz CT molecular complexity index is 1090. The highest BCUT2D eigenvalue weighted by Gasteiger charge is 2.77. The number of aliphatic hydroxyl groups excluding tert-OH is 5. The summed E-state index contributed by atoms with van der Waals surface area (Å²) >= 11 is 0. The number of aliphatic hydroxyl groups is 5. The zero-order valence-corrected chi connectivity index (χ0v) is 20.3. The Hall–Kier alpha value is -2.75. The molecule has 5 rings (SSSR count). The van der Waals surface area contributed by atoms with Gasteiger partial charge < -0.3 is 59.1 Å². The molecule has 6 N–H and O–H groups in total. The second kappa shape index (κ2) is 10.4. The molecule has 1 unspecified atom stereocenters. The molecule has 0 spiro atoms. The van der Waals surface area contributed by atoms with Crippen molar-refractivity contribution in [3.63, 3.8) is 0 Å². The van der Waals surface area contributed by atoms with Crippen LogP contribution in [0.2, 0.25) is 0 Å². The van der Waals surface area contributed by atoms with E-state index in [1.54, 1.807) is 18.2 Å². The van der Waals surface area contributed by atoms with Crippen LogP contribution in [0.1, 0.15) is 5.56 Å². The maximum atomic E-state index is 12.7. The van der Waals surface area contributed by atoms with Crippen LogP contribution >= 0.6 is 0 Å². The Morgan fingerprint density at radius 1 is 1.13 bits per heavy atom. The molecule has 1 aliphatic carbocycles. The summed E-state index contributed by atoms with van der Waals surface area (Å²) in [6.07, 6.45) is -4.38. The molecule has 1 aromatic carbocycles. The lowest BCUT2D eigenvalue weighted by atomic mass is 9.85. The minimum absolute atomic E-state index is 0.0396. The van der Waals surface area contributed by atoms with E-state index in [9.17, 15) is 35.4 Å². The summed E-state index contributed by atoms with van der Waals surface area (Å²) in [7, 11) is 1.41. The number of ether oxygens (including phenoxy) is 6. The number of carbonyl (C=O) groups is 1. The number of methoxy groups -OCH3 is 1. The van der Waals surface area contributed by atoms with Crippen LogP contribution in [-0.2, 0) is 28.5 Å². The molecule has 2 saturated heterocycles. The zero-order chi connectivity index (χ0) is 27.2. The molecular weight excluding hydrogens is 508 g/mol. The van der Waals surface area contributed by atoms with Gasteiger partial charge in [-0.3, -0.25) is 0 Å². The van der Waals surface area contributed by atoms with Gasteiger partial charge in [-0.1, -0.05) is 6.07 Å². The summed E-state index contributed by atoms with van der Waals surface area (Å²) in [5.41, 5.74) is -0.556. The van der Waals surface area contributed by atoms with Gasteiger partial charge in [-0.2, -0.15) is 0 Å². The second-order valence-electron chi connectivity index (χ2n) is 9.59. The van der Waals surface area contributed by atoms with E-state index < -0.39 is 85.8 Å². The van der Waals surface area contributed by atoms with Crippen molar-refractivity contribution in [2.75, 3.05) is 20.3 Å². The average molecular weight is 539 g/mol. The van der Waals surface area contributed by atoms with Gasteiger partial charge in [-0.25, -0.2) is 4.79 Å². The number of hydrogen-bond acceptors (Lipinski definition) is 13. The van der Waals surface area contributed by atoms with Crippen molar-refractivity contribution in [2.45, 2.75) is 54.8 Å². The Labute approximate surface area is 217 Å². The van der Waals surface area contributed by atoms with Crippen LogP contribution in [0.5, 0.6) is 11.5 Å². The third-order valence-electron chi connectivity index (χ3n) is 7.47. The molecule has 3 heterocycles. The van der Waals surface area contributed by atoms with E-state index in [4.69, 9.17) is 28.4 Å². The average Bonchev–Trinajstić information content (AvgIpc) is 3.60. The topological polar surface area (TPSA) is 197 Å². The van der Waals surface area contributed by atoms with Gasteiger partial charge in [0.05, 0.1) is 32.5 Å². The van der Waals surface area contributed by atoms with Crippen molar-refractivity contribution < 1.29 is 63.9 Å². The summed E-state index contributed by atoms with van der Waals surface area (Å²) in [6, 6.07) is 4.57. The monoisotopic (exact) mass is 538 g/mol. The van der Waals surface area contributed by atoms with E-state index in [2.05, 4.69) is 0 Å². The first-order valence-electron chi connectivity index (χ1n) is 12.1. The second-order valence-corrected chi connectivity index (χ2v) is 9.59. The highest BCUT2D eigenvalue weighted by atomic mass is 16.8. The largest absolute Gasteiger partial charge is 0.504 e. The Kier molecular flexibility index (Phi) is 7.37. The Balaban J connectivity index is 1.29. The quantitative estimate of drug-likeness (QED) is 0.126. The van der Waals surface area contributed by atoms with Crippen molar-refractivity contribution in [2.24, 2.45) is 11.8 Å². The van der Waals surface area contributed by atoms with Crippen molar-refractivity contribution >= 4 is 12.0 Å². The van der Waals surface area contributed by atoms with Crippen LogP contribution in [0.25, 0.3) is 6.08 Å². The van der Waals surface area contributed by atoms with Gasteiger partial charge in [-0.05, 0) is 29.8 Å². The fourth-order valence-electron chi connectivity index (χ4n) is 5.42. The first kappa shape index (κ1) is 26.8. The summed E-state index contributed by atoms with van der Waals surface area (Å²) in [5.74, 6) is -1.64. The molecule has 11 atom stereocenters. The Morgan fingerprint density at radius 3 is 2.63 bits per heavy atom. The standard InChI is InChI=1S/C25H30O13/c1-33-14-8-11(2-4-13(14)28)3-5-16(29)36-21-12-6-7-34-23(17(12)25(10-27)22(21)38-25)37-24-20(32)19(31)18(30)15(9-26)35-24/h2-8,12,15,17-24,26-28,30-32H,9-10H2,1H3/b5-3+/t12-,15-,17-,18-,19+,20-,21+,22?,23+,24+,25-/m1/s1. The minimum atomic E-state index is -1.65. The number of rotatable bonds is 8. The van der Waals surface area contributed by atoms with Crippen LogP contribution < -0.4 is 4.74 Å². The molecule has 0 amide bonds. The number of hydrogen-bond donors (Lipinski definition) is 6. The van der Waals surface area contributed by atoms with E-state index in [1.165, 1.54) is 31.6 Å². The molecule has 1 saturated carbocycles. The van der Waals surface area contributed by atoms with Crippen LogP contribution in [0.4, 0.5) is 0 Å². The van der Waals surface area contributed by atoms with Crippen molar-refractivity contribution in [1.29, 1.82) is 0 Å². The SMILES string of the molecule is COc1cc(/C=C/C(=O)O[C@@H]2C3O[C@]3(CO)[C@H]3[C@H](O[C@@H]4O[C@H](CO)[C@@H](O)[C@H](O)[C@H]4O)OC=C[C@H]32)ccc1O. The lowest BCUT2D eigenvalue weighted by Crippen LogP contribution is -2.60. The first-order valence-corrected chi connectivity index (χ1v) is 12.1. The van der Waals surface area contributed by atoms with Gasteiger partial charge in [-0.15, -0.1) is 0 Å². The van der Waals surface area contributed by atoms with E-state index in [1.807, 2.05) is 0 Å². The maximum Gasteiger partial charge on any atom is 0.331 e. The van der Waals surface area contributed by atoms with Gasteiger partial charge in [0, 0.05) is 12.0 Å². The smallest absolute Gasteiger partial charge is 0.331 e. The molecule has 0 aromatic heterocycles. The molecule has 38 heavy (non-hydrogen) atoms. The number of epoxide rings is 1. The van der Waals surface area contributed by atoms with Crippen molar-refractivity contribution in [3.05, 3.63) is 42.2 Å². The number of benzene rings is 1. The highest BCUT2D eigenvalue weighted by Crippen LogP contribution is 2.60. The van der Waals surface area contributed by atoms with E-state index >= 15 is 0 Å². The fraction of sp³-hybridized carbons (Fsp3) is 0.560. The minimum Gasteiger partial charge on any atom is -0.504 e. The van der Waals surface area contributed by atoms with Gasteiger partial charge in [0.1, 0.15) is 42.2 Å². The number of aromatic hydroxyl groups is 1. The van der Waals surface area contributed by atoms with Crippen LogP contribution in [0, 0.1) is 11.8 Å². The summed E-state index contributed by atoms with van der Waals surface area (Å²) in [4.78, 5) is 12.7. The lowest BCUT2D eigenvalue weighted by Gasteiger charge is -2.43. The van der Waals surface area contributed by atoms with Crippen LogP contribution in [-0.4, -0.2) is 112 Å². The zero-order valence-electron chi connectivity index (χ0n) is 20.3. The number of esters is 1. The first-order chi connectivity index (χ1) is 18.2. The van der Waals surface area contributed by atoms with Gasteiger partial charge in [0.2, 0.25) is 6.29 Å². The van der Waals surface area contributed by atoms with Crippen LogP contribution in [0.15, 0.2) is 36.6 Å². The molecule has 3 aliphatic heterocycles. The number of phenolic OH excluding ortho intramolecular Hbond substituents is 1. The van der Waals surface area contributed by atoms with Gasteiger partial charge in [0.25, 0.3) is 0 Å². The van der Waals surface area contributed by atoms with Crippen LogP contribution in [0.3, 0.4) is 0 Å². The summed E-state index contributed by atoms with van der Waals surface area (Å²) < 4.78 is 33.4. The maximum absolute atomic E-state index is 12.7. The van der Waals surface area contributed by atoms with Crippen molar-refractivity contribution in [1.82, 2.24) is 0 Å². The molecule has 1 aromatic rings. The van der Waals surface area contributed by atoms with E-state index in [-0.39, 0.29) is 11.5 Å². The van der Waals surface area contributed by atoms with Gasteiger partial charge in [0.15, 0.2) is 17.8 Å².